The topological polar surface area (TPSA) is 46.5 Å². The Balaban J connectivity index is 2.17. The summed E-state index contributed by atoms with van der Waals surface area (Å²) in [4.78, 5) is 12.0. The van der Waals surface area contributed by atoms with E-state index >= 15 is 0 Å². The lowest BCUT2D eigenvalue weighted by Gasteiger charge is -2.08. The number of aryl methyl sites for hydroxylation is 1. The highest BCUT2D eigenvalue weighted by Gasteiger charge is 2.11. The lowest BCUT2D eigenvalue weighted by atomic mass is 10.1. The lowest BCUT2D eigenvalue weighted by molar-refractivity contribution is 0.0692. The maximum Gasteiger partial charge on any atom is 0.339 e. The highest BCUT2D eigenvalue weighted by Crippen LogP contribution is 2.25. The molecule has 1 heterocycles. The SMILES string of the molecule is Cc1ccc(C(=O)O)c(OCc2ccc(Cl)s2)c1. The van der Waals surface area contributed by atoms with Gasteiger partial charge < -0.3 is 9.84 Å². The maximum atomic E-state index is 11.0. The Morgan fingerprint density at radius 3 is 2.78 bits per heavy atom. The highest BCUT2D eigenvalue weighted by atomic mass is 35.5. The standard InChI is InChI=1S/C13H11ClO3S/c1-8-2-4-10(13(15)16)11(6-8)17-7-9-3-5-12(14)18-9/h2-6H,7H2,1H3,(H,15,16). The second-order valence-corrected chi connectivity index (χ2v) is 5.60. The fourth-order valence-electron chi connectivity index (χ4n) is 1.50. The molecule has 1 N–H and O–H groups in total. The molecule has 0 saturated carbocycles. The monoisotopic (exact) mass is 282 g/mol. The van der Waals surface area contributed by atoms with Gasteiger partial charge in [0.1, 0.15) is 17.9 Å². The average Bonchev–Trinajstić information content (AvgIpc) is 2.72. The lowest BCUT2D eigenvalue weighted by Crippen LogP contribution is -2.03. The molecule has 0 radical (unpaired) electrons. The van der Waals surface area contributed by atoms with E-state index < -0.39 is 5.97 Å². The van der Waals surface area contributed by atoms with E-state index in [1.807, 2.05) is 13.0 Å². The summed E-state index contributed by atoms with van der Waals surface area (Å²) < 4.78 is 6.24. The van der Waals surface area contributed by atoms with Gasteiger partial charge in [0.2, 0.25) is 0 Å². The molecule has 0 saturated heterocycles. The number of thiophene rings is 1. The summed E-state index contributed by atoms with van der Waals surface area (Å²) in [5.74, 6) is -0.610. The van der Waals surface area contributed by atoms with E-state index in [-0.39, 0.29) is 5.56 Å². The molecule has 0 aliphatic rings. The minimum atomic E-state index is -0.991. The van der Waals surface area contributed by atoms with Gasteiger partial charge in [0, 0.05) is 4.88 Å². The van der Waals surface area contributed by atoms with Crippen molar-refractivity contribution in [3.63, 3.8) is 0 Å². The summed E-state index contributed by atoms with van der Waals surface area (Å²) in [7, 11) is 0. The fraction of sp³-hybridized carbons (Fsp3) is 0.154. The molecule has 0 fully saturated rings. The molecule has 1 aromatic heterocycles. The molecular formula is C13H11ClO3S. The number of aromatic carboxylic acids is 1. The molecule has 3 nitrogen and oxygen atoms in total. The number of halogens is 1. The fourth-order valence-corrected chi connectivity index (χ4v) is 2.50. The van der Waals surface area contributed by atoms with Crippen LogP contribution in [0.1, 0.15) is 20.8 Å². The first-order valence-corrected chi connectivity index (χ1v) is 6.46. The molecule has 2 rings (SSSR count). The Labute approximate surface area is 114 Å². The minimum absolute atomic E-state index is 0.170. The van der Waals surface area contributed by atoms with E-state index in [9.17, 15) is 4.79 Å². The van der Waals surface area contributed by atoms with Crippen LogP contribution < -0.4 is 4.74 Å². The van der Waals surface area contributed by atoms with Crippen molar-refractivity contribution in [2.75, 3.05) is 0 Å². The van der Waals surface area contributed by atoms with Crippen LogP contribution in [0.3, 0.4) is 0 Å². The second-order valence-electron chi connectivity index (χ2n) is 3.80. The van der Waals surface area contributed by atoms with Crippen LogP contribution >= 0.6 is 22.9 Å². The van der Waals surface area contributed by atoms with Gasteiger partial charge in [-0.1, -0.05) is 17.7 Å². The summed E-state index contributed by atoms with van der Waals surface area (Å²) in [6.07, 6.45) is 0. The van der Waals surface area contributed by atoms with Gasteiger partial charge in [0.05, 0.1) is 4.34 Å². The maximum absolute atomic E-state index is 11.0. The molecule has 94 valence electrons. The zero-order valence-electron chi connectivity index (χ0n) is 9.64. The van der Waals surface area contributed by atoms with Crippen molar-refractivity contribution in [1.82, 2.24) is 0 Å². The predicted molar refractivity (Wildman–Crippen MR) is 71.8 cm³/mol. The Morgan fingerprint density at radius 1 is 1.39 bits per heavy atom. The Morgan fingerprint density at radius 2 is 2.17 bits per heavy atom. The van der Waals surface area contributed by atoms with E-state index in [2.05, 4.69) is 0 Å². The zero-order chi connectivity index (χ0) is 13.1. The van der Waals surface area contributed by atoms with Crippen molar-refractivity contribution in [3.05, 3.63) is 50.7 Å². The van der Waals surface area contributed by atoms with Gasteiger partial charge in [-0.15, -0.1) is 11.3 Å². The van der Waals surface area contributed by atoms with Crippen molar-refractivity contribution < 1.29 is 14.6 Å². The molecule has 1 aromatic carbocycles. The van der Waals surface area contributed by atoms with E-state index in [1.54, 1.807) is 24.3 Å². The second kappa shape index (κ2) is 5.42. The molecule has 18 heavy (non-hydrogen) atoms. The summed E-state index contributed by atoms with van der Waals surface area (Å²) in [5, 5.41) is 9.06. The molecule has 0 atom stereocenters. The third kappa shape index (κ3) is 3.03. The van der Waals surface area contributed by atoms with Crippen LogP contribution in [0.15, 0.2) is 30.3 Å². The predicted octanol–water partition coefficient (Wildman–Crippen LogP) is 3.99. The number of carboxylic acids is 1. The van der Waals surface area contributed by atoms with Crippen LogP contribution in [0, 0.1) is 6.92 Å². The molecule has 2 aromatic rings. The van der Waals surface area contributed by atoms with Crippen LogP contribution in [0.4, 0.5) is 0 Å². The number of ether oxygens (including phenoxy) is 1. The number of carbonyl (C=O) groups is 1. The first-order valence-electron chi connectivity index (χ1n) is 5.27. The summed E-state index contributed by atoms with van der Waals surface area (Å²) >= 11 is 7.24. The van der Waals surface area contributed by atoms with Crippen LogP contribution in [-0.4, -0.2) is 11.1 Å². The molecule has 0 unspecified atom stereocenters. The minimum Gasteiger partial charge on any atom is -0.487 e. The third-order valence-corrected chi connectivity index (χ3v) is 3.57. The van der Waals surface area contributed by atoms with E-state index in [4.69, 9.17) is 21.4 Å². The summed E-state index contributed by atoms with van der Waals surface area (Å²) in [5.41, 5.74) is 1.13. The number of carboxylic acid groups (broad SMARTS) is 1. The summed E-state index contributed by atoms with van der Waals surface area (Å²) in [6.45, 7) is 2.21. The number of benzene rings is 1. The van der Waals surface area contributed by atoms with Gasteiger partial charge in [-0.05, 0) is 36.8 Å². The van der Waals surface area contributed by atoms with Crippen LogP contribution in [0.5, 0.6) is 5.75 Å². The van der Waals surface area contributed by atoms with Crippen molar-refractivity contribution in [3.8, 4) is 5.75 Å². The van der Waals surface area contributed by atoms with E-state index in [1.165, 1.54) is 11.3 Å². The largest absolute Gasteiger partial charge is 0.487 e. The van der Waals surface area contributed by atoms with Crippen molar-refractivity contribution in [2.45, 2.75) is 13.5 Å². The van der Waals surface area contributed by atoms with Gasteiger partial charge >= 0.3 is 5.97 Å². The Bertz CT molecular complexity index is 577. The zero-order valence-corrected chi connectivity index (χ0v) is 11.2. The molecule has 0 amide bonds. The average molecular weight is 283 g/mol. The highest BCUT2D eigenvalue weighted by molar-refractivity contribution is 7.16. The van der Waals surface area contributed by atoms with Crippen molar-refractivity contribution in [2.24, 2.45) is 0 Å². The normalized spacial score (nSPS) is 10.3. The van der Waals surface area contributed by atoms with Gasteiger partial charge in [-0.2, -0.15) is 0 Å². The first-order chi connectivity index (χ1) is 8.56. The van der Waals surface area contributed by atoms with Crippen molar-refractivity contribution >= 4 is 28.9 Å². The Kier molecular flexibility index (Phi) is 3.89. The van der Waals surface area contributed by atoms with Crippen LogP contribution in [0.2, 0.25) is 4.34 Å². The van der Waals surface area contributed by atoms with Gasteiger partial charge in [-0.3, -0.25) is 0 Å². The number of rotatable bonds is 4. The van der Waals surface area contributed by atoms with Gasteiger partial charge in [0.25, 0.3) is 0 Å². The van der Waals surface area contributed by atoms with Crippen LogP contribution in [-0.2, 0) is 6.61 Å². The molecule has 0 aliphatic carbocycles. The molecule has 0 spiro atoms. The molecule has 0 bridgehead atoms. The molecular weight excluding hydrogens is 272 g/mol. The summed E-state index contributed by atoms with van der Waals surface area (Å²) in [6, 6.07) is 8.67. The Hall–Kier alpha value is -1.52. The molecule has 0 aliphatic heterocycles. The first kappa shape index (κ1) is 12.9. The van der Waals surface area contributed by atoms with E-state index in [0.717, 1.165) is 10.4 Å². The third-order valence-electron chi connectivity index (χ3n) is 2.37. The smallest absolute Gasteiger partial charge is 0.339 e. The molecule has 5 heteroatoms. The number of hydrogen-bond donors (Lipinski definition) is 1. The van der Waals surface area contributed by atoms with Gasteiger partial charge in [0.15, 0.2) is 0 Å². The van der Waals surface area contributed by atoms with Crippen molar-refractivity contribution in [1.29, 1.82) is 0 Å². The van der Waals surface area contributed by atoms with E-state index in [0.29, 0.717) is 16.7 Å². The van der Waals surface area contributed by atoms with Crippen LogP contribution in [0.25, 0.3) is 0 Å². The van der Waals surface area contributed by atoms with Gasteiger partial charge in [-0.25, -0.2) is 4.79 Å². The quantitative estimate of drug-likeness (QED) is 0.922. The number of hydrogen-bond acceptors (Lipinski definition) is 3.